The van der Waals surface area contributed by atoms with E-state index in [0.717, 1.165) is 6.42 Å². The Balaban J connectivity index is 2.22. The van der Waals surface area contributed by atoms with E-state index < -0.39 is 10.0 Å². The van der Waals surface area contributed by atoms with Gasteiger partial charge < -0.3 is 5.32 Å². The van der Waals surface area contributed by atoms with Crippen molar-refractivity contribution in [1.82, 2.24) is 10.0 Å². The molecule has 0 saturated heterocycles. The Hall–Kier alpha value is -0.330. The molecule has 1 aromatic carbocycles. The molecule has 0 bridgehead atoms. The van der Waals surface area contributed by atoms with Crippen molar-refractivity contribution in [3.8, 4) is 0 Å². The van der Waals surface area contributed by atoms with Gasteiger partial charge >= 0.3 is 0 Å². The Morgan fingerprint density at radius 2 is 1.95 bits per heavy atom. The van der Waals surface area contributed by atoms with Crippen LogP contribution in [0, 0.1) is 11.3 Å². The summed E-state index contributed by atoms with van der Waals surface area (Å²) in [6.07, 6.45) is 1.04. The first-order valence-electron chi connectivity index (χ1n) is 6.80. The highest BCUT2D eigenvalue weighted by molar-refractivity contribution is 7.89. The summed E-state index contributed by atoms with van der Waals surface area (Å²) in [5.41, 5.74) is 0.819. The van der Waals surface area contributed by atoms with Crippen molar-refractivity contribution in [2.45, 2.75) is 31.7 Å². The zero-order valence-corrected chi connectivity index (χ0v) is 14.7. The molecule has 0 spiro atoms. The molecule has 21 heavy (non-hydrogen) atoms. The van der Waals surface area contributed by atoms with Gasteiger partial charge in [0.1, 0.15) is 4.90 Å². The molecule has 7 heteroatoms. The fourth-order valence-corrected chi connectivity index (χ4v) is 4.33. The number of halogens is 2. The number of benzene rings is 1. The Bertz CT molecular complexity index is 645. The van der Waals surface area contributed by atoms with Gasteiger partial charge in [-0.1, -0.05) is 37.0 Å². The van der Waals surface area contributed by atoms with E-state index in [2.05, 4.69) is 23.9 Å². The maximum atomic E-state index is 12.4. The first kappa shape index (κ1) is 17.0. The molecule has 0 heterocycles. The maximum Gasteiger partial charge on any atom is 0.242 e. The predicted octanol–water partition coefficient (Wildman–Crippen LogP) is 3.04. The minimum atomic E-state index is -3.62. The predicted molar refractivity (Wildman–Crippen MR) is 86.3 cm³/mol. The molecular weight excluding hydrogens is 331 g/mol. The second-order valence-electron chi connectivity index (χ2n) is 6.11. The summed E-state index contributed by atoms with van der Waals surface area (Å²) in [5.74, 6) is 0.384. The van der Waals surface area contributed by atoms with E-state index in [1.54, 1.807) is 13.1 Å². The highest BCUT2D eigenvalue weighted by atomic mass is 35.5. The van der Waals surface area contributed by atoms with Crippen LogP contribution in [-0.4, -0.2) is 22.0 Å². The van der Waals surface area contributed by atoms with Crippen molar-refractivity contribution < 1.29 is 8.42 Å². The SMILES string of the molecule is CNCc1c(Cl)ccc(S(=O)(=O)NCC2CC2(C)C)c1Cl. The lowest BCUT2D eigenvalue weighted by Crippen LogP contribution is -2.27. The normalized spacial score (nSPS) is 20.5. The van der Waals surface area contributed by atoms with Crippen molar-refractivity contribution in [3.63, 3.8) is 0 Å². The Kier molecular flexibility index (Phi) is 4.90. The van der Waals surface area contributed by atoms with Crippen LogP contribution >= 0.6 is 23.2 Å². The fraction of sp³-hybridized carbons (Fsp3) is 0.571. The molecule has 2 rings (SSSR count). The summed E-state index contributed by atoms with van der Waals surface area (Å²) in [6, 6.07) is 3.01. The number of hydrogen-bond acceptors (Lipinski definition) is 3. The second-order valence-corrected chi connectivity index (χ2v) is 8.63. The molecule has 1 aliphatic carbocycles. The minimum absolute atomic E-state index is 0.0808. The number of sulfonamides is 1. The highest BCUT2D eigenvalue weighted by Gasteiger charge is 2.45. The van der Waals surface area contributed by atoms with Crippen LogP contribution in [0.15, 0.2) is 17.0 Å². The van der Waals surface area contributed by atoms with Crippen molar-refractivity contribution in [2.24, 2.45) is 11.3 Å². The molecule has 1 aromatic rings. The van der Waals surface area contributed by atoms with E-state index >= 15 is 0 Å². The molecule has 118 valence electrons. The summed E-state index contributed by atoms with van der Waals surface area (Å²) in [7, 11) is -1.87. The van der Waals surface area contributed by atoms with E-state index in [9.17, 15) is 8.42 Å². The number of nitrogens with one attached hydrogen (secondary N) is 2. The molecule has 1 fully saturated rings. The van der Waals surface area contributed by atoms with E-state index in [0.29, 0.717) is 29.6 Å². The van der Waals surface area contributed by atoms with Gasteiger partial charge in [-0.05, 0) is 36.9 Å². The van der Waals surface area contributed by atoms with Crippen LogP contribution in [0.1, 0.15) is 25.8 Å². The van der Waals surface area contributed by atoms with Gasteiger partial charge in [-0.25, -0.2) is 13.1 Å². The Morgan fingerprint density at radius 1 is 1.33 bits per heavy atom. The molecule has 1 atom stereocenters. The smallest absolute Gasteiger partial charge is 0.242 e. The summed E-state index contributed by atoms with van der Waals surface area (Å²) < 4.78 is 27.5. The van der Waals surface area contributed by atoms with Crippen molar-refractivity contribution in [1.29, 1.82) is 0 Å². The molecule has 2 N–H and O–H groups in total. The van der Waals surface area contributed by atoms with E-state index in [-0.39, 0.29) is 15.3 Å². The third-order valence-electron chi connectivity index (χ3n) is 4.03. The van der Waals surface area contributed by atoms with Crippen molar-refractivity contribution >= 4 is 33.2 Å². The quantitative estimate of drug-likeness (QED) is 0.828. The first-order valence-corrected chi connectivity index (χ1v) is 9.04. The van der Waals surface area contributed by atoms with E-state index in [1.807, 2.05) is 0 Å². The molecule has 1 aliphatic rings. The van der Waals surface area contributed by atoms with Crippen LogP contribution in [0.25, 0.3) is 0 Å². The van der Waals surface area contributed by atoms with Gasteiger partial charge in [-0.2, -0.15) is 0 Å². The third-order valence-corrected chi connectivity index (χ3v) is 6.39. The summed E-state index contributed by atoms with van der Waals surface area (Å²) in [5, 5.41) is 3.57. The number of rotatable bonds is 6. The molecule has 0 aliphatic heterocycles. The molecule has 1 saturated carbocycles. The van der Waals surface area contributed by atoms with Gasteiger partial charge in [0, 0.05) is 23.7 Å². The Labute approximate surface area is 136 Å². The first-order chi connectivity index (χ1) is 9.69. The van der Waals surface area contributed by atoms with Gasteiger partial charge in [-0.3, -0.25) is 0 Å². The summed E-state index contributed by atoms with van der Waals surface area (Å²) in [4.78, 5) is 0.0808. The topological polar surface area (TPSA) is 58.2 Å². The lowest BCUT2D eigenvalue weighted by molar-refractivity contribution is 0.537. The molecule has 0 radical (unpaired) electrons. The number of hydrogen-bond donors (Lipinski definition) is 2. The monoisotopic (exact) mass is 350 g/mol. The largest absolute Gasteiger partial charge is 0.316 e. The van der Waals surface area contributed by atoms with Gasteiger partial charge in [0.05, 0.1) is 5.02 Å². The standard InChI is InChI=1S/C14H20Cl2N2O2S/c1-14(2)6-9(14)7-18-21(19,20)12-5-4-11(15)10(8-17-3)13(12)16/h4-5,9,17-18H,6-8H2,1-3H3. The van der Waals surface area contributed by atoms with E-state index in [1.165, 1.54) is 6.07 Å². The zero-order valence-electron chi connectivity index (χ0n) is 12.3. The average molecular weight is 351 g/mol. The average Bonchev–Trinajstić information content (AvgIpc) is 3.00. The zero-order chi connectivity index (χ0) is 15.8. The summed E-state index contributed by atoms with van der Waals surface area (Å²) >= 11 is 12.3. The van der Waals surface area contributed by atoms with Crippen LogP contribution < -0.4 is 10.0 Å². The van der Waals surface area contributed by atoms with Gasteiger partial charge in [-0.15, -0.1) is 0 Å². The third kappa shape index (κ3) is 3.71. The molecule has 1 unspecified atom stereocenters. The van der Waals surface area contributed by atoms with Crippen LogP contribution in [0.4, 0.5) is 0 Å². The Morgan fingerprint density at radius 3 is 2.48 bits per heavy atom. The van der Waals surface area contributed by atoms with Crippen molar-refractivity contribution in [3.05, 3.63) is 27.7 Å². The second kappa shape index (κ2) is 6.05. The lowest BCUT2D eigenvalue weighted by Gasteiger charge is -2.13. The van der Waals surface area contributed by atoms with Crippen LogP contribution in [-0.2, 0) is 16.6 Å². The van der Waals surface area contributed by atoms with Gasteiger partial charge in [0.15, 0.2) is 0 Å². The lowest BCUT2D eigenvalue weighted by atomic mass is 10.1. The summed E-state index contributed by atoms with van der Waals surface area (Å²) in [6.45, 7) is 5.12. The van der Waals surface area contributed by atoms with Crippen LogP contribution in [0.2, 0.25) is 10.0 Å². The van der Waals surface area contributed by atoms with Gasteiger partial charge in [0.2, 0.25) is 10.0 Å². The molecular formula is C14H20Cl2N2O2S. The highest BCUT2D eigenvalue weighted by Crippen LogP contribution is 2.51. The van der Waals surface area contributed by atoms with Crippen molar-refractivity contribution in [2.75, 3.05) is 13.6 Å². The maximum absolute atomic E-state index is 12.4. The molecule has 0 aromatic heterocycles. The molecule has 4 nitrogen and oxygen atoms in total. The fourth-order valence-electron chi connectivity index (χ4n) is 2.34. The van der Waals surface area contributed by atoms with Crippen LogP contribution in [0.3, 0.4) is 0 Å². The minimum Gasteiger partial charge on any atom is -0.316 e. The molecule has 0 amide bonds. The van der Waals surface area contributed by atoms with E-state index in [4.69, 9.17) is 23.2 Å². The van der Waals surface area contributed by atoms with Crippen LogP contribution in [0.5, 0.6) is 0 Å². The van der Waals surface area contributed by atoms with Gasteiger partial charge in [0.25, 0.3) is 0 Å².